The van der Waals surface area contributed by atoms with Crippen LogP contribution in [0.2, 0.25) is 5.02 Å². The number of hydrogen-bond donors (Lipinski definition) is 2. The minimum Gasteiger partial charge on any atom is -0.481 e. The Morgan fingerprint density at radius 1 is 1.24 bits per heavy atom. The van der Waals surface area contributed by atoms with E-state index in [0.717, 1.165) is 0 Å². The van der Waals surface area contributed by atoms with Gasteiger partial charge >= 0.3 is 11.9 Å². The van der Waals surface area contributed by atoms with Gasteiger partial charge in [-0.25, -0.2) is 0 Å². The molecule has 0 aliphatic rings. The monoisotopic (exact) mass is 252 g/mol. The molecule has 0 bridgehead atoms. The zero-order valence-corrected chi connectivity index (χ0v) is 9.49. The molecule has 0 aromatic heterocycles. The number of aliphatic carboxylic acids is 2. The molecule has 88 valence electrons. The van der Waals surface area contributed by atoms with Crippen LogP contribution in [0.25, 0.3) is 0 Å². The Morgan fingerprint density at radius 3 is 2.53 bits per heavy atom. The van der Waals surface area contributed by atoms with E-state index in [0.29, 0.717) is 16.1 Å². The Balaban J connectivity index is 3.00. The summed E-state index contributed by atoms with van der Waals surface area (Å²) < 4.78 is 0. The number of benzene rings is 1. The van der Waals surface area contributed by atoms with E-state index >= 15 is 0 Å². The average Bonchev–Trinajstić information content (AvgIpc) is 2.20. The van der Waals surface area contributed by atoms with Crippen LogP contribution in [0, 0.1) is 11.8 Å². The fraction of sp³-hybridized carbons (Fsp3) is 0.167. The molecular formula is C12H9ClO4. The largest absolute Gasteiger partial charge is 0.481 e. The Kier molecular flexibility index (Phi) is 4.56. The highest BCUT2D eigenvalue weighted by molar-refractivity contribution is 6.30. The standard InChI is InChI=1S/C12H9ClO4/c13-10-5-4-8(2-1-3-11(14)15)9(6-10)7-12(16)17/h4-6H,3,7H2,(H,14,15)(H,16,17). The Bertz CT molecular complexity index is 511. The molecule has 0 atom stereocenters. The fourth-order valence-corrected chi connectivity index (χ4v) is 1.40. The van der Waals surface area contributed by atoms with Crippen molar-refractivity contribution in [1.82, 2.24) is 0 Å². The van der Waals surface area contributed by atoms with Crippen LogP contribution >= 0.6 is 11.6 Å². The van der Waals surface area contributed by atoms with E-state index in [4.69, 9.17) is 21.8 Å². The summed E-state index contributed by atoms with van der Waals surface area (Å²) in [5, 5.41) is 17.6. The molecule has 0 aliphatic heterocycles. The Labute approximate surface area is 103 Å². The van der Waals surface area contributed by atoms with Crippen LogP contribution in [0.4, 0.5) is 0 Å². The summed E-state index contributed by atoms with van der Waals surface area (Å²) in [4.78, 5) is 20.9. The van der Waals surface area contributed by atoms with Crippen molar-refractivity contribution >= 4 is 23.5 Å². The number of hydrogen-bond acceptors (Lipinski definition) is 2. The highest BCUT2D eigenvalue weighted by Crippen LogP contribution is 2.16. The van der Waals surface area contributed by atoms with Crippen molar-refractivity contribution in [2.24, 2.45) is 0 Å². The summed E-state index contributed by atoms with van der Waals surface area (Å²) in [6, 6.07) is 4.67. The van der Waals surface area contributed by atoms with Gasteiger partial charge in [0, 0.05) is 10.6 Å². The van der Waals surface area contributed by atoms with Crippen molar-refractivity contribution in [3.05, 3.63) is 34.3 Å². The second-order valence-corrected chi connectivity index (χ2v) is 3.68. The zero-order valence-electron chi connectivity index (χ0n) is 8.74. The van der Waals surface area contributed by atoms with Gasteiger partial charge in [-0.3, -0.25) is 9.59 Å². The number of carboxylic acid groups (broad SMARTS) is 2. The molecule has 0 spiro atoms. The highest BCUT2D eigenvalue weighted by atomic mass is 35.5. The topological polar surface area (TPSA) is 74.6 Å². The minimum atomic E-state index is -1.02. The first-order valence-electron chi connectivity index (χ1n) is 4.70. The van der Waals surface area contributed by atoms with E-state index in [1.54, 1.807) is 12.1 Å². The highest BCUT2D eigenvalue weighted by Gasteiger charge is 2.06. The molecule has 17 heavy (non-hydrogen) atoms. The molecule has 1 aromatic carbocycles. The number of rotatable bonds is 3. The van der Waals surface area contributed by atoms with Crippen molar-refractivity contribution in [2.45, 2.75) is 12.8 Å². The van der Waals surface area contributed by atoms with E-state index in [2.05, 4.69) is 11.8 Å². The van der Waals surface area contributed by atoms with E-state index in [9.17, 15) is 9.59 Å². The lowest BCUT2D eigenvalue weighted by Gasteiger charge is -2.01. The molecule has 0 amide bonds. The molecule has 0 unspecified atom stereocenters. The van der Waals surface area contributed by atoms with Crippen molar-refractivity contribution in [1.29, 1.82) is 0 Å². The summed E-state index contributed by atoms with van der Waals surface area (Å²) in [5.74, 6) is 3.06. The molecule has 0 heterocycles. The quantitative estimate of drug-likeness (QED) is 0.805. The second-order valence-electron chi connectivity index (χ2n) is 3.24. The molecule has 2 N–H and O–H groups in total. The van der Waals surface area contributed by atoms with Crippen LogP contribution in [0.1, 0.15) is 17.5 Å². The smallest absolute Gasteiger partial charge is 0.315 e. The lowest BCUT2D eigenvalue weighted by Crippen LogP contribution is -2.02. The third-order valence-electron chi connectivity index (χ3n) is 1.87. The van der Waals surface area contributed by atoms with Crippen LogP contribution < -0.4 is 0 Å². The van der Waals surface area contributed by atoms with Gasteiger partial charge in [0.1, 0.15) is 6.42 Å². The summed E-state index contributed by atoms with van der Waals surface area (Å²) in [6.07, 6.45) is -0.479. The van der Waals surface area contributed by atoms with Crippen LogP contribution in [0.5, 0.6) is 0 Å². The lowest BCUT2D eigenvalue weighted by atomic mass is 10.0. The predicted octanol–water partition coefficient (Wildman–Crippen LogP) is 1.79. The van der Waals surface area contributed by atoms with E-state index in [1.807, 2.05) is 0 Å². The summed E-state index contributed by atoms with van der Waals surface area (Å²) >= 11 is 5.75. The van der Waals surface area contributed by atoms with Gasteiger partial charge in [-0.2, -0.15) is 0 Å². The van der Waals surface area contributed by atoms with E-state index in [-0.39, 0.29) is 12.8 Å². The van der Waals surface area contributed by atoms with Gasteiger partial charge in [0.05, 0.1) is 6.42 Å². The maximum atomic E-state index is 10.6. The molecule has 0 fully saturated rings. The van der Waals surface area contributed by atoms with Crippen molar-refractivity contribution < 1.29 is 19.8 Å². The van der Waals surface area contributed by atoms with Gasteiger partial charge in [0.25, 0.3) is 0 Å². The Hall–Kier alpha value is -1.99. The molecular weight excluding hydrogens is 244 g/mol. The maximum Gasteiger partial charge on any atom is 0.315 e. The van der Waals surface area contributed by atoms with Crippen molar-refractivity contribution in [3.8, 4) is 11.8 Å². The van der Waals surface area contributed by atoms with Crippen molar-refractivity contribution in [3.63, 3.8) is 0 Å². The van der Waals surface area contributed by atoms with Gasteiger partial charge in [-0.15, -0.1) is 0 Å². The van der Waals surface area contributed by atoms with Gasteiger partial charge < -0.3 is 10.2 Å². The molecule has 1 aromatic rings. The zero-order chi connectivity index (χ0) is 12.8. The number of carboxylic acids is 2. The lowest BCUT2D eigenvalue weighted by molar-refractivity contribution is -0.137. The van der Waals surface area contributed by atoms with Gasteiger partial charge in [0.2, 0.25) is 0 Å². The van der Waals surface area contributed by atoms with Gasteiger partial charge in [-0.05, 0) is 23.8 Å². The first kappa shape index (κ1) is 13.1. The van der Waals surface area contributed by atoms with Gasteiger partial charge in [0.15, 0.2) is 0 Å². The van der Waals surface area contributed by atoms with E-state index < -0.39 is 11.9 Å². The first-order chi connectivity index (χ1) is 7.99. The van der Waals surface area contributed by atoms with Crippen LogP contribution in [-0.2, 0) is 16.0 Å². The summed E-state index contributed by atoms with van der Waals surface area (Å²) in [6.45, 7) is 0. The number of halogens is 1. The minimum absolute atomic E-state index is 0.197. The fourth-order valence-electron chi connectivity index (χ4n) is 1.21. The molecule has 0 aliphatic carbocycles. The van der Waals surface area contributed by atoms with Crippen LogP contribution in [-0.4, -0.2) is 22.2 Å². The van der Waals surface area contributed by atoms with Crippen LogP contribution in [0.3, 0.4) is 0 Å². The average molecular weight is 253 g/mol. The third-order valence-corrected chi connectivity index (χ3v) is 2.11. The second kappa shape index (κ2) is 5.92. The SMILES string of the molecule is O=C(O)CC#Cc1ccc(Cl)cc1CC(=O)O. The molecule has 0 saturated heterocycles. The molecule has 1 rings (SSSR count). The molecule has 5 heteroatoms. The maximum absolute atomic E-state index is 10.6. The summed E-state index contributed by atoms with van der Waals surface area (Å²) in [5.41, 5.74) is 0.959. The Morgan fingerprint density at radius 2 is 1.94 bits per heavy atom. The first-order valence-corrected chi connectivity index (χ1v) is 5.07. The van der Waals surface area contributed by atoms with Gasteiger partial charge in [-0.1, -0.05) is 23.4 Å². The molecule has 0 saturated carbocycles. The van der Waals surface area contributed by atoms with E-state index in [1.165, 1.54) is 6.07 Å². The van der Waals surface area contributed by atoms with Crippen molar-refractivity contribution in [2.75, 3.05) is 0 Å². The normalized spacial score (nSPS) is 9.24. The predicted molar refractivity (Wildman–Crippen MR) is 61.9 cm³/mol. The molecule has 4 nitrogen and oxygen atoms in total. The number of carbonyl (C=O) groups is 2. The third kappa shape index (κ3) is 4.58. The molecule has 0 radical (unpaired) electrons. The van der Waals surface area contributed by atoms with Crippen LogP contribution in [0.15, 0.2) is 18.2 Å². The summed E-state index contributed by atoms with van der Waals surface area (Å²) in [7, 11) is 0.